The predicted octanol–water partition coefficient (Wildman–Crippen LogP) is 1.90. The molecule has 1 fully saturated rings. The average molecular weight is 250 g/mol. The van der Waals surface area contributed by atoms with Crippen LogP contribution in [0.2, 0.25) is 5.15 Å². The van der Waals surface area contributed by atoms with Crippen LogP contribution in [0.5, 0.6) is 0 Å². The lowest BCUT2D eigenvalue weighted by Crippen LogP contribution is -2.37. The van der Waals surface area contributed by atoms with Crippen molar-refractivity contribution >= 4 is 17.4 Å². The number of hydrogen-bond donors (Lipinski definition) is 0. The number of ether oxygens (including phenoxy) is 1. The SMILES string of the molecule is FC(F)c1c(Cl)ncnc1N1CCOCC1. The number of nitrogens with zero attached hydrogens (tertiary/aromatic N) is 3. The van der Waals surface area contributed by atoms with Gasteiger partial charge in [-0.3, -0.25) is 0 Å². The van der Waals surface area contributed by atoms with Crippen LogP contribution in [0.1, 0.15) is 12.0 Å². The largest absolute Gasteiger partial charge is 0.378 e. The highest BCUT2D eigenvalue weighted by molar-refractivity contribution is 6.30. The minimum Gasteiger partial charge on any atom is -0.378 e. The number of anilines is 1. The fraction of sp³-hybridized carbons (Fsp3) is 0.556. The third-order valence-electron chi connectivity index (χ3n) is 2.34. The van der Waals surface area contributed by atoms with E-state index in [1.165, 1.54) is 6.33 Å². The molecule has 1 aliphatic rings. The smallest absolute Gasteiger partial charge is 0.270 e. The van der Waals surface area contributed by atoms with E-state index in [1.807, 2.05) is 0 Å². The first-order valence-corrected chi connectivity index (χ1v) is 5.19. The standard InChI is InChI=1S/C9H10ClF2N3O/c10-7-6(8(11)12)9(14-5-13-7)15-1-3-16-4-2-15/h5,8H,1-4H2. The second-order valence-electron chi connectivity index (χ2n) is 3.30. The average Bonchev–Trinajstić information content (AvgIpc) is 2.29. The Hall–Kier alpha value is -1.01. The monoisotopic (exact) mass is 249 g/mol. The maximum Gasteiger partial charge on any atom is 0.270 e. The number of hydrogen-bond acceptors (Lipinski definition) is 4. The molecular formula is C9H10ClF2N3O. The predicted molar refractivity (Wildman–Crippen MR) is 55.0 cm³/mol. The molecule has 0 radical (unpaired) electrons. The molecule has 0 unspecified atom stereocenters. The Balaban J connectivity index is 2.34. The first kappa shape index (κ1) is 11.5. The van der Waals surface area contributed by atoms with Gasteiger partial charge in [0.25, 0.3) is 6.43 Å². The van der Waals surface area contributed by atoms with Crippen LogP contribution in [0.4, 0.5) is 14.6 Å². The fourth-order valence-electron chi connectivity index (χ4n) is 1.58. The fourth-order valence-corrected chi connectivity index (χ4v) is 1.79. The van der Waals surface area contributed by atoms with Crippen molar-refractivity contribution in [3.63, 3.8) is 0 Å². The molecule has 88 valence electrons. The van der Waals surface area contributed by atoms with Crippen molar-refractivity contribution in [2.75, 3.05) is 31.2 Å². The van der Waals surface area contributed by atoms with Gasteiger partial charge in [0.1, 0.15) is 17.3 Å². The highest BCUT2D eigenvalue weighted by Crippen LogP contribution is 2.32. The van der Waals surface area contributed by atoms with Gasteiger partial charge in [-0.1, -0.05) is 11.6 Å². The molecule has 4 nitrogen and oxygen atoms in total. The zero-order valence-electron chi connectivity index (χ0n) is 8.37. The van der Waals surface area contributed by atoms with Gasteiger partial charge in [0.2, 0.25) is 0 Å². The second kappa shape index (κ2) is 4.88. The zero-order valence-corrected chi connectivity index (χ0v) is 9.12. The van der Waals surface area contributed by atoms with Crippen LogP contribution in [0.25, 0.3) is 0 Å². The molecule has 0 aromatic carbocycles. The Kier molecular flexibility index (Phi) is 3.50. The molecule has 0 N–H and O–H groups in total. The van der Waals surface area contributed by atoms with Gasteiger partial charge in [0, 0.05) is 13.1 Å². The van der Waals surface area contributed by atoms with Crippen molar-refractivity contribution in [1.82, 2.24) is 9.97 Å². The molecule has 2 heterocycles. The molecule has 0 amide bonds. The number of rotatable bonds is 2. The summed E-state index contributed by atoms with van der Waals surface area (Å²) in [6.07, 6.45) is -1.48. The summed E-state index contributed by atoms with van der Waals surface area (Å²) in [4.78, 5) is 9.19. The van der Waals surface area contributed by atoms with Crippen molar-refractivity contribution in [1.29, 1.82) is 0 Å². The summed E-state index contributed by atoms with van der Waals surface area (Å²) in [6, 6.07) is 0. The minimum absolute atomic E-state index is 0.188. The Morgan fingerprint density at radius 3 is 2.62 bits per heavy atom. The van der Waals surface area contributed by atoms with E-state index in [1.54, 1.807) is 4.90 Å². The van der Waals surface area contributed by atoms with E-state index in [2.05, 4.69) is 9.97 Å². The number of halogens is 3. The van der Waals surface area contributed by atoms with E-state index in [0.717, 1.165) is 0 Å². The summed E-state index contributed by atoms with van der Waals surface area (Å²) in [5.74, 6) is 0.207. The van der Waals surface area contributed by atoms with E-state index < -0.39 is 6.43 Å². The molecule has 1 aromatic heterocycles. The van der Waals surface area contributed by atoms with Gasteiger partial charge in [-0.05, 0) is 0 Å². The van der Waals surface area contributed by atoms with E-state index in [-0.39, 0.29) is 16.5 Å². The van der Waals surface area contributed by atoms with Gasteiger partial charge in [-0.25, -0.2) is 18.7 Å². The number of morpholine rings is 1. The summed E-state index contributed by atoms with van der Waals surface area (Å²) >= 11 is 5.65. The van der Waals surface area contributed by atoms with E-state index in [9.17, 15) is 8.78 Å². The van der Waals surface area contributed by atoms with Gasteiger partial charge >= 0.3 is 0 Å². The lowest BCUT2D eigenvalue weighted by molar-refractivity contribution is 0.120. The molecule has 0 saturated carbocycles. The summed E-state index contributed by atoms with van der Waals surface area (Å²) in [5, 5.41) is -0.188. The Morgan fingerprint density at radius 2 is 2.00 bits per heavy atom. The van der Waals surface area contributed by atoms with Crippen LogP contribution in [0.3, 0.4) is 0 Å². The number of aromatic nitrogens is 2. The summed E-state index contributed by atoms with van der Waals surface area (Å²) in [5.41, 5.74) is -0.300. The van der Waals surface area contributed by atoms with Crippen molar-refractivity contribution in [2.24, 2.45) is 0 Å². The van der Waals surface area contributed by atoms with Gasteiger partial charge in [-0.2, -0.15) is 0 Å². The van der Waals surface area contributed by atoms with Gasteiger partial charge in [-0.15, -0.1) is 0 Å². The minimum atomic E-state index is -2.67. The van der Waals surface area contributed by atoms with Crippen molar-refractivity contribution in [3.05, 3.63) is 17.0 Å². The molecule has 7 heteroatoms. The van der Waals surface area contributed by atoms with Crippen LogP contribution in [-0.2, 0) is 4.74 Å². The van der Waals surface area contributed by atoms with Crippen LogP contribution in [0.15, 0.2) is 6.33 Å². The number of alkyl halides is 2. The Morgan fingerprint density at radius 1 is 1.31 bits per heavy atom. The van der Waals surface area contributed by atoms with Crippen LogP contribution in [0, 0.1) is 0 Å². The molecule has 1 aromatic rings. The normalized spacial score (nSPS) is 16.9. The van der Waals surface area contributed by atoms with Crippen molar-refractivity contribution in [2.45, 2.75) is 6.43 Å². The molecule has 0 atom stereocenters. The van der Waals surface area contributed by atoms with Gasteiger partial charge in [0.05, 0.1) is 18.8 Å². The molecule has 0 bridgehead atoms. The van der Waals surface area contributed by atoms with Gasteiger partial charge in [0.15, 0.2) is 0 Å². The van der Waals surface area contributed by atoms with Crippen molar-refractivity contribution in [3.8, 4) is 0 Å². The van der Waals surface area contributed by atoms with Crippen LogP contribution >= 0.6 is 11.6 Å². The highest BCUT2D eigenvalue weighted by atomic mass is 35.5. The Labute approximate surface area is 96.2 Å². The molecular weight excluding hydrogens is 240 g/mol. The maximum absolute atomic E-state index is 12.8. The van der Waals surface area contributed by atoms with E-state index >= 15 is 0 Å². The quantitative estimate of drug-likeness (QED) is 0.751. The molecule has 1 saturated heterocycles. The van der Waals surface area contributed by atoms with Crippen LogP contribution < -0.4 is 4.90 Å². The third-order valence-corrected chi connectivity index (χ3v) is 2.64. The third kappa shape index (κ3) is 2.22. The first-order valence-electron chi connectivity index (χ1n) is 4.81. The topological polar surface area (TPSA) is 38.2 Å². The molecule has 2 rings (SSSR count). The van der Waals surface area contributed by atoms with E-state index in [4.69, 9.17) is 16.3 Å². The summed E-state index contributed by atoms with van der Waals surface area (Å²) < 4.78 is 30.8. The van der Waals surface area contributed by atoms with Crippen molar-refractivity contribution < 1.29 is 13.5 Å². The second-order valence-corrected chi connectivity index (χ2v) is 3.66. The zero-order chi connectivity index (χ0) is 11.5. The summed E-state index contributed by atoms with van der Waals surface area (Å²) in [6.45, 7) is 2.08. The molecule has 0 spiro atoms. The lowest BCUT2D eigenvalue weighted by Gasteiger charge is -2.29. The summed E-state index contributed by atoms with van der Waals surface area (Å²) in [7, 11) is 0. The molecule has 1 aliphatic heterocycles. The molecule has 0 aliphatic carbocycles. The van der Waals surface area contributed by atoms with E-state index in [0.29, 0.717) is 26.3 Å². The van der Waals surface area contributed by atoms with Gasteiger partial charge < -0.3 is 9.64 Å². The first-order chi connectivity index (χ1) is 7.70. The highest BCUT2D eigenvalue weighted by Gasteiger charge is 2.24. The maximum atomic E-state index is 12.8. The van der Waals surface area contributed by atoms with Crippen LogP contribution in [-0.4, -0.2) is 36.3 Å². The lowest BCUT2D eigenvalue weighted by atomic mass is 10.3. The Bertz CT molecular complexity index is 372. The molecule has 16 heavy (non-hydrogen) atoms.